The molecule has 0 bridgehead atoms. The topological polar surface area (TPSA) is 110 Å². The zero-order chi connectivity index (χ0) is 26.8. The quantitative estimate of drug-likeness (QED) is 0.279. The number of hydrogen-bond donors (Lipinski definition) is 5. The van der Waals surface area contributed by atoms with E-state index in [-0.39, 0.29) is 0 Å². The highest BCUT2D eigenvalue weighted by molar-refractivity contribution is 6.98. The summed E-state index contributed by atoms with van der Waals surface area (Å²) in [7, 11) is -3.18. The van der Waals surface area contributed by atoms with Gasteiger partial charge in [0.1, 0.15) is 30.5 Å². The summed E-state index contributed by atoms with van der Waals surface area (Å²) in [5, 5.41) is 42.4. The minimum absolute atomic E-state index is 0.474. The maximum absolute atomic E-state index is 12.4. The van der Waals surface area contributed by atoms with Crippen molar-refractivity contribution in [2.24, 2.45) is 0 Å². The molecule has 6 nitrogen and oxygen atoms in total. The lowest BCUT2D eigenvalue weighted by Gasteiger charge is -2.41. The SMILES string of the molecule is CC(C)(CCc1cc([C@@H]2OC(CO)[C@@H](O)C(O)[C@@H]2O)ccc1Cl)[Si](O)(c1ccccc1)c1ccccc1. The second kappa shape index (κ2) is 11.4. The predicted octanol–water partition coefficient (Wildman–Crippen LogP) is 2.32. The maximum atomic E-state index is 12.4. The van der Waals surface area contributed by atoms with Crippen LogP contribution >= 0.6 is 11.6 Å². The van der Waals surface area contributed by atoms with Crippen LogP contribution in [0.2, 0.25) is 10.1 Å². The second-order valence-corrected chi connectivity index (χ2v) is 14.8. The Labute approximate surface area is 223 Å². The van der Waals surface area contributed by atoms with Gasteiger partial charge in [0, 0.05) is 5.02 Å². The molecule has 1 aliphatic heterocycles. The fourth-order valence-electron chi connectivity index (χ4n) is 5.28. The molecule has 198 valence electrons. The zero-order valence-corrected chi connectivity index (χ0v) is 22.8. The van der Waals surface area contributed by atoms with Gasteiger partial charge in [-0.25, -0.2) is 0 Å². The molecule has 0 radical (unpaired) electrons. The van der Waals surface area contributed by atoms with Crippen molar-refractivity contribution in [2.75, 3.05) is 6.61 Å². The first-order valence-corrected chi connectivity index (χ1v) is 14.8. The molecule has 0 spiro atoms. The van der Waals surface area contributed by atoms with Gasteiger partial charge in [-0.1, -0.05) is 98.2 Å². The van der Waals surface area contributed by atoms with Gasteiger partial charge < -0.3 is 30.0 Å². The van der Waals surface area contributed by atoms with Gasteiger partial charge in [-0.15, -0.1) is 0 Å². The van der Waals surface area contributed by atoms with E-state index in [0.717, 1.165) is 15.9 Å². The van der Waals surface area contributed by atoms with E-state index in [1.807, 2.05) is 66.7 Å². The third-order valence-corrected chi connectivity index (χ3v) is 12.6. The predicted molar refractivity (Wildman–Crippen MR) is 147 cm³/mol. The number of rotatable bonds is 8. The Balaban J connectivity index is 1.63. The van der Waals surface area contributed by atoms with Crippen LogP contribution in [0.4, 0.5) is 0 Å². The number of benzene rings is 3. The molecule has 5 N–H and O–H groups in total. The summed E-state index contributed by atoms with van der Waals surface area (Å²) in [5.41, 5.74) is 1.41. The number of aryl methyl sites for hydroxylation is 1. The van der Waals surface area contributed by atoms with Gasteiger partial charge in [0.25, 0.3) is 8.32 Å². The molecular weight excluding hydrogens is 508 g/mol. The summed E-state index contributed by atoms with van der Waals surface area (Å²) in [6.45, 7) is 3.70. The van der Waals surface area contributed by atoms with E-state index in [9.17, 15) is 25.2 Å². The number of halogens is 1. The van der Waals surface area contributed by atoms with E-state index in [1.54, 1.807) is 12.1 Å². The van der Waals surface area contributed by atoms with E-state index >= 15 is 0 Å². The Morgan fingerprint density at radius 3 is 1.95 bits per heavy atom. The van der Waals surface area contributed by atoms with Crippen LogP contribution in [0, 0.1) is 0 Å². The van der Waals surface area contributed by atoms with Crippen molar-refractivity contribution in [3.05, 3.63) is 95.0 Å². The van der Waals surface area contributed by atoms with Gasteiger partial charge in [-0.3, -0.25) is 0 Å². The molecule has 3 aromatic carbocycles. The molecule has 0 aliphatic carbocycles. The van der Waals surface area contributed by atoms with Gasteiger partial charge in [0.2, 0.25) is 0 Å². The van der Waals surface area contributed by atoms with Gasteiger partial charge in [0.15, 0.2) is 0 Å². The van der Waals surface area contributed by atoms with E-state index in [4.69, 9.17) is 16.3 Å². The first-order valence-electron chi connectivity index (χ1n) is 12.5. The van der Waals surface area contributed by atoms with Gasteiger partial charge in [-0.2, -0.15) is 0 Å². The molecule has 1 heterocycles. The van der Waals surface area contributed by atoms with Crippen LogP contribution in [-0.2, 0) is 11.2 Å². The minimum Gasteiger partial charge on any atom is -0.424 e. The normalized spacial score (nSPS) is 24.7. The maximum Gasteiger partial charge on any atom is 0.258 e. The monoisotopic (exact) mass is 542 g/mol. The first kappa shape index (κ1) is 27.9. The first-order chi connectivity index (χ1) is 17.6. The Bertz CT molecular complexity index is 1130. The molecule has 0 amide bonds. The Kier molecular flexibility index (Phi) is 8.57. The van der Waals surface area contributed by atoms with Gasteiger partial charge >= 0.3 is 0 Å². The van der Waals surface area contributed by atoms with Crippen molar-refractivity contribution in [3.8, 4) is 0 Å². The van der Waals surface area contributed by atoms with Crippen LogP contribution < -0.4 is 10.4 Å². The highest BCUT2D eigenvalue weighted by Crippen LogP contribution is 2.41. The number of hydrogen-bond acceptors (Lipinski definition) is 6. The molecule has 8 heteroatoms. The van der Waals surface area contributed by atoms with Crippen LogP contribution in [0.5, 0.6) is 0 Å². The molecule has 0 saturated carbocycles. The van der Waals surface area contributed by atoms with Crippen LogP contribution in [0.3, 0.4) is 0 Å². The van der Waals surface area contributed by atoms with E-state index in [2.05, 4.69) is 13.8 Å². The molecule has 3 aromatic rings. The average molecular weight is 543 g/mol. The summed E-state index contributed by atoms with van der Waals surface area (Å²) in [6.07, 6.45) is -4.95. The third kappa shape index (κ3) is 5.41. The summed E-state index contributed by atoms with van der Waals surface area (Å²) in [5.74, 6) is 0. The van der Waals surface area contributed by atoms with E-state index in [1.165, 1.54) is 0 Å². The lowest BCUT2D eigenvalue weighted by atomic mass is 9.90. The zero-order valence-electron chi connectivity index (χ0n) is 21.0. The van der Waals surface area contributed by atoms with Crippen molar-refractivity contribution in [1.82, 2.24) is 0 Å². The fraction of sp³-hybridized carbons (Fsp3) is 0.379. The van der Waals surface area contributed by atoms with Crippen molar-refractivity contribution in [2.45, 2.75) is 62.2 Å². The van der Waals surface area contributed by atoms with Crippen LogP contribution in [0.25, 0.3) is 0 Å². The summed E-state index contributed by atoms with van der Waals surface area (Å²) in [6, 6.07) is 24.9. The Morgan fingerprint density at radius 2 is 1.41 bits per heavy atom. The molecule has 2 unspecified atom stereocenters. The number of ether oxygens (including phenoxy) is 1. The van der Waals surface area contributed by atoms with Crippen molar-refractivity contribution in [3.63, 3.8) is 0 Å². The number of aliphatic hydroxyl groups excluding tert-OH is 4. The van der Waals surface area contributed by atoms with E-state index in [0.29, 0.717) is 23.4 Å². The summed E-state index contributed by atoms with van der Waals surface area (Å²) >= 11 is 6.57. The minimum atomic E-state index is -3.18. The molecule has 37 heavy (non-hydrogen) atoms. The van der Waals surface area contributed by atoms with Crippen molar-refractivity contribution >= 4 is 30.3 Å². The average Bonchev–Trinajstić information content (AvgIpc) is 2.92. The highest BCUT2D eigenvalue weighted by atomic mass is 35.5. The Hall–Kier alpha value is -2.07. The highest BCUT2D eigenvalue weighted by Gasteiger charge is 2.49. The summed E-state index contributed by atoms with van der Waals surface area (Å²) < 4.78 is 5.74. The van der Waals surface area contributed by atoms with E-state index < -0.39 is 50.5 Å². The van der Waals surface area contributed by atoms with Crippen LogP contribution in [0.1, 0.15) is 37.5 Å². The molecule has 1 fully saturated rings. The molecule has 1 saturated heterocycles. The molecule has 1 aliphatic rings. The molecule has 0 aromatic heterocycles. The Morgan fingerprint density at radius 1 is 0.838 bits per heavy atom. The fourth-order valence-corrected chi connectivity index (χ4v) is 9.22. The lowest BCUT2D eigenvalue weighted by molar-refractivity contribution is -0.231. The molecular formula is C29H35ClO6Si. The third-order valence-electron chi connectivity index (χ3n) is 7.67. The van der Waals surface area contributed by atoms with Crippen molar-refractivity contribution in [1.29, 1.82) is 0 Å². The number of aliphatic hydroxyl groups is 4. The molecule has 4 rings (SSSR count). The van der Waals surface area contributed by atoms with Crippen molar-refractivity contribution < 1.29 is 30.0 Å². The second-order valence-electron chi connectivity index (χ2n) is 10.4. The standard InChI is InChI=1S/C29H35ClO6Si/c1-29(2,37(35,21-9-5-3-6-10-21)22-11-7-4-8-12-22)16-15-19-17-20(13-14-23(19)30)28-27(34)26(33)25(32)24(18-31)36-28/h3-14,17,24-28,31-35H,15-16,18H2,1-2H3/t24?,25-,26?,27+,28+/m1/s1. The lowest BCUT2D eigenvalue weighted by Crippen LogP contribution is -2.65. The summed E-state index contributed by atoms with van der Waals surface area (Å²) in [4.78, 5) is 12.4. The van der Waals surface area contributed by atoms with Gasteiger partial charge in [-0.05, 0) is 45.4 Å². The van der Waals surface area contributed by atoms with Gasteiger partial charge in [0.05, 0.1) is 6.61 Å². The molecule has 5 atom stereocenters. The smallest absolute Gasteiger partial charge is 0.258 e. The van der Waals surface area contributed by atoms with Crippen LogP contribution in [0.15, 0.2) is 78.9 Å². The van der Waals surface area contributed by atoms with Crippen LogP contribution in [-0.4, -0.2) is 64.6 Å². The largest absolute Gasteiger partial charge is 0.424 e.